The summed E-state index contributed by atoms with van der Waals surface area (Å²) in [6, 6.07) is -0.377. The van der Waals surface area contributed by atoms with Crippen LogP contribution >= 0.6 is 11.8 Å². The number of carbonyl (C=O) groups is 1. The molecule has 0 spiro atoms. The van der Waals surface area contributed by atoms with Crippen molar-refractivity contribution in [3.05, 3.63) is 0 Å². The van der Waals surface area contributed by atoms with Crippen LogP contribution in [-0.2, 0) is 4.79 Å². The minimum Gasteiger partial charge on any atom is -0.358 e. The van der Waals surface area contributed by atoms with Gasteiger partial charge in [0, 0.05) is 28.2 Å². The maximum atomic E-state index is 12.6. The van der Waals surface area contributed by atoms with E-state index in [4.69, 9.17) is 0 Å². The first-order chi connectivity index (χ1) is 11.9. The third-order valence-corrected chi connectivity index (χ3v) is 4.46. The Kier molecular flexibility index (Phi) is 4.80. The molecular weight excluding hydrogens is 340 g/mol. The van der Waals surface area contributed by atoms with Gasteiger partial charge in [-0.1, -0.05) is 0 Å². The molecule has 1 amide bonds. The van der Waals surface area contributed by atoms with E-state index in [9.17, 15) is 4.79 Å². The number of amides is 1. The molecule has 2 aromatic heterocycles. The van der Waals surface area contributed by atoms with E-state index in [0.717, 1.165) is 5.75 Å². The van der Waals surface area contributed by atoms with Crippen molar-refractivity contribution in [1.82, 2.24) is 19.9 Å². The molecule has 1 aliphatic rings. The molecule has 0 aliphatic carbocycles. The molecule has 10 heteroatoms. The Bertz CT molecular complexity index is 804. The molecule has 0 saturated carbocycles. The highest BCUT2D eigenvalue weighted by atomic mass is 32.2. The fourth-order valence-electron chi connectivity index (χ4n) is 2.48. The van der Waals surface area contributed by atoms with Gasteiger partial charge in [0.15, 0.2) is 11.5 Å². The predicted molar refractivity (Wildman–Crippen MR) is 103 cm³/mol. The first-order valence-electron chi connectivity index (χ1n) is 7.91. The van der Waals surface area contributed by atoms with E-state index >= 15 is 0 Å². The normalized spacial score (nSPS) is 16.2. The van der Waals surface area contributed by atoms with Gasteiger partial charge >= 0.3 is 0 Å². The Morgan fingerprint density at radius 2 is 1.60 bits per heavy atom. The zero-order valence-electron chi connectivity index (χ0n) is 15.0. The Morgan fingerprint density at radius 3 is 2.16 bits per heavy atom. The quantitative estimate of drug-likeness (QED) is 0.808. The molecule has 2 N–H and O–H groups in total. The Morgan fingerprint density at radius 1 is 1.00 bits per heavy atom. The summed E-state index contributed by atoms with van der Waals surface area (Å²) in [6.45, 7) is 0. The van der Waals surface area contributed by atoms with Crippen LogP contribution in [-0.4, -0.2) is 72.1 Å². The Balaban J connectivity index is 2.19. The molecular formula is C15H22N8OS. The highest BCUT2D eigenvalue weighted by Gasteiger charge is 2.28. The molecule has 1 atom stereocenters. The van der Waals surface area contributed by atoms with Crippen molar-refractivity contribution in [1.29, 1.82) is 0 Å². The van der Waals surface area contributed by atoms with Crippen molar-refractivity contribution in [2.45, 2.75) is 12.5 Å². The Labute approximate surface area is 150 Å². The number of rotatable bonds is 5. The number of nitrogens with one attached hydrogen (secondary N) is 2. The lowest BCUT2D eigenvalue weighted by atomic mass is 10.2. The van der Waals surface area contributed by atoms with Crippen molar-refractivity contribution in [3.8, 4) is 0 Å². The van der Waals surface area contributed by atoms with E-state index in [0.29, 0.717) is 41.0 Å². The fraction of sp³-hybridized carbons (Fsp3) is 0.533. The van der Waals surface area contributed by atoms with E-state index < -0.39 is 0 Å². The summed E-state index contributed by atoms with van der Waals surface area (Å²) in [5.74, 6) is 2.78. The molecule has 1 unspecified atom stereocenters. The topological polar surface area (TPSA) is 99.2 Å². The van der Waals surface area contributed by atoms with Crippen LogP contribution in [0.4, 0.5) is 23.5 Å². The van der Waals surface area contributed by atoms with Gasteiger partial charge in [0.2, 0.25) is 17.8 Å². The second-order valence-electron chi connectivity index (χ2n) is 6.20. The van der Waals surface area contributed by atoms with Gasteiger partial charge in [0.1, 0.15) is 17.2 Å². The largest absolute Gasteiger partial charge is 0.358 e. The number of carbonyl (C=O) groups excluding carboxylic acids is 1. The van der Waals surface area contributed by atoms with Crippen LogP contribution in [0.3, 0.4) is 0 Å². The molecule has 3 rings (SSSR count). The van der Waals surface area contributed by atoms with Crippen molar-refractivity contribution in [3.63, 3.8) is 0 Å². The fourth-order valence-corrected chi connectivity index (χ4v) is 2.95. The van der Waals surface area contributed by atoms with Gasteiger partial charge in [-0.2, -0.15) is 31.7 Å². The predicted octanol–water partition coefficient (Wildman–Crippen LogP) is 1.04. The average molecular weight is 362 g/mol. The number of hydrogen-bond acceptors (Lipinski definition) is 9. The molecule has 9 nitrogen and oxygen atoms in total. The van der Waals surface area contributed by atoms with E-state index in [1.807, 2.05) is 39.3 Å². The van der Waals surface area contributed by atoms with Gasteiger partial charge in [-0.25, -0.2) is 0 Å². The van der Waals surface area contributed by atoms with Gasteiger partial charge in [-0.3, -0.25) is 4.79 Å². The monoisotopic (exact) mass is 362 g/mol. The molecule has 0 bridgehead atoms. The molecule has 0 saturated heterocycles. The summed E-state index contributed by atoms with van der Waals surface area (Å²) >= 11 is 1.70. The van der Waals surface area contributed by atoms with Gasteiger partial charge in [0.25, 0.3) is 0 Å². The average Bonchev–Trinajstić information content (AvgIpc) is 2.69. The van der Waals surface area contributed by atoms with Crippen LogP contribution in [0.5, 0.6) is 0 Å². The van der Waals surface area contributed by atoms with E-state index in [1.54, 1.807) is 16.7 Å². The van der Waals surface area contributed by atoms with Crippen molar-refractivity contribution in [2.24, 2.45) is 0 Å². The summed E-state index contributed by atoms with van der Waals surface area (Å²) in [7, 11) is 7.43. The third kappa shape index (κ3) is 3.39. The summed E-state index contributed by atoms with van der Waals surface area (Å²) in [4.78, 5) is 34.3. The number of nitrogens with zero attached hydrogens (tertiary/aromatic N) is 6. The van der Waals surface area contributed by atoms with Crippen LogP contribution < -0.4 is 20.4 Å². The SMILES string of the molecule is CSCCC1Nc2nc(N(C)C)nc3nc(N(C)C)nc(c23)NC1=O. The molecule has 3 heterocycles. The second-order valence-corrected chi connectivity index (χ2v) is 7.19. The maximum absolute atomic E-state index is 12.6. The molecule has 25 heavy (non-hydrogen) atoms. The minimum atomic E-state index is -0.377. The first kappa shape index (κ1) is 17.5. The summed E-state index contributed by atoms with van der Waals surface area (Å²) in [5.41, 5.74) is 0.501. The minimum absolute atomic E-state index is 0.122. The van der Waals surface area contributed by atoms with Crippen molar-refractivity contribution in [2.75, 3.05) is 60.6 Å². The first-order valence-corrected chi connectivity index (χ1v) is 9.31. The summed E-state index contributed by atoms with van der Waals surface area (Å²) in [6.07, 6.45) is 2.71. The van der Waals surface area contributed by atoms with Gasteiger partial charge in [-0.15, -0.1) is 0 Å². The highest BCUT2D eigenvalue weighted by molar-refractivity contribution is 7.98. The smallest absolute Gasteiger partial charge is 0.248 e. The molecule has 0 radical (unpaired) electrons. The van der Waals surface area contributed by atoms with Crippen molar-refractivity contribution < 1.29 is 4.79 Å². The van der Waals surface area contributed by atoms with Gasteiger partial charge in [0.05, 0.1) is 0 Å². The van der Waals surface area contributed by atoms with Gasteiger partial charge in [-0.05, 0) is 18.4 Å². The van der Waals surface area contributed by atoms with Crippen LogP contribution in [0.15, 0.2) is 0 Å². The Hall–Kier alpha value is -2.36. The molecule has 2 aromatic rings. The lowest BCUT2D eigenvalue weighted by molar-refractivity contribution is -0.116. The number of hydrogen-bond donors (Lipinski definition) is 2. The van der Waals surface area contributed by atoms with Crippen molar-refractivity contribution >= 4 is 52.2 Å². The zero-order chi connectivity index (χ0) is 18.1. The molecule has 0 fully saturated rings. The van der Waals surface area contributed by atoms with Crippen LogP contribution in [0.1, 0.15) is 6.42 Å². The lowest BCUT2D eigenvalue weighted by Gasteiger charge is -2.17. The van der Waals surface area contributed by atoms with Crippen LogP contribution in [0.25, 0.3) is 11.0 Å². The summed E-state index contributed by atoms with van der Waals surface area (Å²) < 4.78 is 0. The maximum Gasteiger partial charge on any atom is 0.248 e. The molecule has 134 valence electrons. The van der Waals surface area contributed by atoms with E-state index in [1.165, 1.54) is 0 Å². The number of aromatic nitrogens is 4. The van der Waals surface area contributed by atoms with Crippen LogP contribution in [0.2, 0.25) is 0 Å². The molecule has 1 aliphatic heterocycles. The third-order valence-electron chi connectivity index (χ3n) is 3.81. The second kappa shape index (κ2) is 6.87. The van der Waals surface area contributed by atoms with E-state index in [-0.39, 0.29) is 11.9 Å². The highest BCUT2D eigenvalue weighted by Crippen LogP contribution is 2.32. The number of thioether (sulfide) groups is 1. The zero-order valence-corrected chi connectivity index (χ0v) is 15.8. The standard InChI is InChI=1S/C15H22N8OS/c1-22(2)14-18-10-9-11(17-13(24)8(16-10)6-7-25-5)19-15(23(3)4)21-12(9)20-14/h8H,6-7H2,1-5H3,(H2,16,17,18,19,20,21,24). The van der Waals surface area contributed by atoms with E-state index in [2.05, 4.69) is 30.6 Å². The summed E-state index contributed by atoms with van der Waals surface area (Å²) in [5, 5.41) is 6.80. The number of anilines is 4. The van der Waals surface area contributed by atoms with Gasteiger partial charge < -0.3 is 20.4 Å². The lowest BCUT2D eigenvalue weighted by Crippen LogP contribution is -2.34. The van der Waals surface area contributed by atoms with Crippen LogP contribution in [0, 0.1) is 0 Å². The molecule has 0 aromatic carbocycles.